The molecule has 0 aromatic carbocycles. The van der Waals surface area contributed by atoms with E-state index >= 15 is 0 Å². The first kappa shape index (κ1) is 15.7. The molecule has 6 nitrogen and oxygen atoms in total. The van der Waals surface area contributed by atoms with Crippen LogP contribution in [0, 0.1) is 0 Å². The Morgan fingerprint density at radius 2 is 2.35 bits per heavy atom. The van der Waals surface area contributed by atoms with Crippen molar-refractivity contribution >= 4 is 38.9 Å². The highest BCUT2D eigenvalue weighted by Gasteiger charge is 2.39. The van der Waals surface area contributed by atoms with Gasteiger partial charge in [0, 0.05) is 6.54 Å². The Kier molecular flexibility index (Phi) is 5.00. The second kappa shape index (κ2) is 6.38. The van der Waals surface area contributed by atoms with E-state index in [1.54, 1.807) is 6.92 Å². The third-order valence-electron chi connectivity index (χ3n) is 3.03. The standard InChI is InChI=1S/C11H15ClN2O4S2/c1-2-18-10(15)8-5-3-4-6-14(8)20(16,17)9-7-13-11(12)19-9/h7-8H,2-6H2,1H3. The van der Waals surface area contributed by atoms with E-state index in [9.17, 15) is 13.2 Å². The highest BCUT2D eigenvalue weighted by molar-refractivity contribution is 7.91. The lowest BCUT2D eigenvalue weighted by Gasteiger charge is -2.32. The number of hydrogen-bond donors (Lipinski definition) is 0. The van der Waals surface area contributed by atoms with Gasteiger partial charge in [0.2, 0.25) is 0 Å². The minimum absolute atomic E-state index is 0.0544. The highest BCUT2D eigenvalue weighted by Crippen LogP contribution is 2.30. The van der Waals surface area contributed by atoms with Gasteiger partial charge in [-0.05, 0) is 26.2 Å². The van der Waals surface area contributed by atoms with Crippen molar-refractivity contribution in [1.82, 2.24) is 9.29 Å². The number of rotatable bonds is 4. The number of piperidine rings is 1. The van der Waals surface area contributed by atoms with Crippen LogP contribution in [-0.4, -0.2) is 42.9 Å². The summed E-state index contributed by atoms with van der Waals surface area (Å²) in [6, 6.07) is -0.755. The molecule has 0 radical (unpaired) electrons. The van der Waals surface area contributed by atoms with Gasteiger partial charge in [-0.25, -0.2) is 13.4 Å². The number of hydrogen-bond acceptors (Lipinski definition) is 6. The van der Waals surface area contributed by atoms with Crippen molar-refractivity contribution in [1.29, 1.82) is 0 Å². The van der Waals surface area contributed by atoms with E-state index in [2.05, 4.69) is 4.98 Å². The fourth-order valence-electron chi connectivity index (χ4n) is 2.14. The molecule has 1 aromatic rings. The van der Waals surface area contributed by atoms with E-state index in [-0.39, 0.29) is 15.3 Å². The lowest BCUT2D eigenvalue weighted by Crippen LogP contribution is -2.48. The summed E-state index contributed by atoms with van der Waals surface area (Å²) >= 11 is 6.57. The van der Waals surface area contributed by atoms with Gasteiger partial charge in [-0.15, -0.1) is 0 Å². The Labute approximate surface area is 126 Å². The van der Waals surface area contributed by atoms with Crippen LogP contribution in [0.3, 0.4) is 0 Å². The molecule has 1 aromatic heterocycles. The molecule has 9 heteroatoms. The summed E-state index contributed by atoms with van der Waals surface area (Å²) in [6.45, 7) is 2.24. The monoisotopic (exact) mass is 338 g/mol. The second-order valence-corrected chi connectivity index (χ2v) is 8.04. The van der Waals surface area contributed by atoms with Crippen LogP contribution in [0.25, 0.3) is 0 Å². The van der Waals surface area contributed by atoms with Crippen LogP contribution in [-0.2, 0) is 19.6 Å². The number of nitrogens with zero attached hydrogens (tertiary/aromatic N) is 2. The molecule has 0 spiro atoms. The molecule has 1 aliphatic rings. The predicted molar refractivity (Wildman–Crippen MR) is 75.3 cm³/mol. The van der Waals surface area contributed by atoms with Gasteiger partial charge in [0.1, 0.15) is 6.04 Å². The van der Waals surface area contributed by atoms with Crippen molar-refractivity contribution in [3.8, 4) is 0 Å². The molecule has 20 heavy (non-hydrogen) atoms. The molecule has 0 bridgehead atoms. The fourth-order valence-corrected chi connectivity index (χ4v) is 5.21. The Morgan fingerprint density at radius 3 is 2.95 bits per heavy atom. The predicted octanol–water partition coefficient (Wildman–Crippen LogP) is 1.90. The molecule has 0 saturated carbocycles. The number of sulfonamides is 1. The van der Waals surface area contributed by atoms with Crippen LogP contribution in [0.15, 0.2) is 10.4 Å². The van der Waals surface area contributed by atoms with Crippen LogP contribution in [0.1, 0.15) is 26.2 Å². The molecule has 0 amide bonds. The summed E-state index contributed by atoms with van der Waals surface area (Å²) in [7, 11) is -3.75. The molecule has 2 heterocycles. The zero-order chi connectivity index (χ0) is 14.8. The lowest BCUT2D eigenvalue weighted by molar-refractivity contribution is -0.148. The van der Waals surface area contributed by atoms with Crippen LogP contribution < -0.4 is 0 Å². The topological polar surface area (TPSA) is 76.6 Å². The van der Waals surface area contributed by atoms with Gasteiger partial charge >= 0.3 is 5.97 Å². The smallest absolute Gasteiger partial charge is 0.324 e. The van der Waals surface area contributed by atoms with E-state index in [0.717, 1.165) is 24.2 Å². The number of esters is 1. The summed E-state index contributed by atoms with van der Waals surface area (Å²) in [6.07, 6.45) is 3.23. The van der Waals surface area contributed by atoms with Crippen LogP contribution in [0.4, 0.5) is 0 Å². The van der Waals surface area contributed by atoms with Gasteiger partial charge in [0.15, 0.2) is 8.68 Å². The summed E-state index contributed by atoms with van der Waals surface area (Å²) in [4.78, 5) is 15.7. The van der Waals surface area contributed by atoms with Gasteiger partial charge in [-0.3, -0.25) is 4.79 Å². The van der Waals surface area contributed by atoms with Crippen molar-refractivity contribution in [2.24, 2.45) is 0 Å². The van der Waals surface area contributed by atoms with Crippen molar-refractivity contribution in [3.05, 3.63) is 10.7 Å². The van der Waals surface area contributed by atoms with Crippen molar-refractivity contribution in [3.63, 3.8) is 0 Å². The number of ether oxygens (including phenoxy) is 1. The highest BCUT2D eigenvalue weighted by atomic mass is 35.5. The number of carbonyl (C=O) groups excluding carboxylic acids is 1. The van der Waals surface area contributed by atoms with Crippen LogP contribution >= 0.6 is 22.9 Å². The number of halogens is 1. The van der Waals surface area contributed by atoms with E-state index in [4.69, 9.17) is 16.3 Å². The fraction of sp³-hybridized carbons (Fsp3) is 0.636. The van der Waals surface area contributed by atoms with Crippen molar-refractivity contribution in [2.45, 2.75) is 36.4 Å². The normalized spacial score (nSPS) is 20.8. The van der Waals surface area contributed by atoms with Gasteiger partial charge < -0.3 is 4.74 Å². The molecule has 0 N–H and O–H groups in total. The third kappa shape index (κ3) is 3.13. The van der Waals surface area contributed by atoms with Crippen LogP contribution in [0.5, 0.6) is 0 Å². The second-order valence-electron chi connectivity index (χ2n) is 4.31. The largest absolute Gasteiger partial charge is 0.465 e. The minimum atomic E-state index is -3.75. The van der Waals surface area contributed by atoms with Crippen LogP contribution in [0.2, 0.25) is 4.47 Å². The Morgan fingerprint density at radius 1 is 1.60 bits per heavy atom. The number of thiazole rings is 1. The molecule has 0 aliphatic carbocycles. The first-order valence-corrected chi connectivity index (χ1v) is 8.90. The molecular formula is C11H15ClN2O4S2. The maximum absolute atomic E-state index is 12.5. The molecule has 1 atom stereocenters. The summed E-state index contributed by atoms with van der Waals surface area (Å²) < 4.78 is 31.5. The first-order valence-electron chi connectivity index (χ1n) is 6.26. The Balaban J connectivity index is 2.29. The number of aromatic nitrogens is 1. The van der Waals surface area contributed by atoms with Crippen molar-refractivity contribution in [2.75, 3.05) is 13.2 Å². The van der Waals surface area contributed by atoms with E-state index in [1.807, 2.05) is 0 Å². The molecular weight excluding hydrogens is 324 g/mol. The molecule has 1 unspecified atom stereocenters. The number of carbonyl (C=O) groups is 1. The quantitative estimate of drug-likeness (QED) is 0.784. The van der Waals surface area contributed by atoms with Crippen molar-refractivity contribution < 1.29 is 17.9 Å². The van der Waals surface area contributed by atoms with E-state index < -0.39 is 22.0 Å². The minimum Gasteiger partial charge on any atom is -0.465 e. The maximum Gasteiger partial charge on any atom is 0.324 e. The Hall–Kier alpha value is -0.700. The third-order valence-corrected chi connectivity index (χ3v) is 6.49. The van der Waals surface area contributed by atoms with Gasteiger partial charge in [-0.1, -0.05) is 22.9 Å². The lowest BCUT2D eigenvalue weighted by atomic mass is 10.1. The molecule has 2 rings (SSSR count). The summed E-state index contributed by atoms with van der Waals surface area (Å²) in [5.74, 6) is -0.494. The average Bonchev–Trinajstić information content (AvgIpc) is 2.86. The SMILES string of the molecule is CCOC(=O)C1CCCCN1S(=O)(=O)c1cnc(Cl)s1. The molecule has 112 valence electrons. The van der Waals surface area contributed by atoms with E-state index in [1.165, 1.54) is 10.5 Å². The van der Waals surface area contributed by atoms with Gasteiger partial charge in [0.25, 0.3) is 10.0 Å². The first-order chi connectivity index (χ1) is 9.46. The summed E-state index contributed by atoms with van der Waals surface area (Å²) in [5, 5.41) is 0. The molecule has 1 aliphatic heterocycles. The molecule has 1 fully saturated rings. The van der Waals surface area contributed by atoms with Gasteiger partial charge in [0.05, 0.1) is 12.8 Å². The zero-order valence-corrected chi connectivity index (χ0v) is 13.3. The zero-order valence-electron chi connectivity index (χ0n) is 10.9. The Bertz CT molecular complexity index is 587. The van der Waals surface area contributed by atoms with Gasteiger partial charge in [-0.2, -0.15) is 4.31 Å². The maximum atomic E-state index is 12.5. The molecule has 1 saturated heterocycles. The summed E-state index contributed by atoms with van der Waals surface area (Å²) in [5.41, 5.74) is 0. The van der Waals surface area contributed by atoms with E-state index in [0.29, 0.717) is 13.0 Å². The average molecular weight is 339 g/mol.